The monoisotopic (exact) mass is 227 g/mol. The fourth-order valence-corrected chi connectivity index (χ4v) is 2.93. The van der Waals surface area contributed by atoms with E-state index in [1.165, 1.54) is 0 Å². The summed E-state index contributed by atoms with van der Waals surface area (Å²) in [5.74, 6) is -0.218. The van der Waals surface area contributed by atoms with Crippen LogP contribution in [-0.2, 0) is 9.53 Å². The first kappa shape index (κ1) is 11.9. The normalized spacial score (nSPS) is 32.9. The van der Waals surface area contributed by atoms with Crippen molar-refractivity contribution in [3.05, 3.63) is 0 Å². The topological polar surface area (TPSA) is 58.6 Å². The highest BCUT2D eigenvalue weighted by molar-refractivity contribution is 5.79. The van der Waals surface area contributed by atoms with Gasteiger partial charge >= 0.3 is 5.97 Å². The van der Waals surface area contributed by atoms with Crippen molar-refractivity contribution < 1.29 is 14.6 Å². The molecule has 1 saturated carbocycles. The van der Waals surface area contributed by atoms with Crippen LogP contribution in [0.5, 0.6) is 0 Å². The van der Waals surface area contributed by atoms with Crippen LogP contribution in [-0.4, -0.2) is 36.4 Å². The van der Waals surface area contributed by atoms with Gasteiger partial charge in [-0.2, -0.15) is 0 Å². The molecule has 2 fully saturated rings. The van der Waals surface area contributed by atoms with Crippen LogP contribution in [0.1, 0.15) is 39.0 Å². The second kappa shape index (κ2) is 4.34. The molecule has 4 nitrogen and oxygen atoms in total. The summed E-state index contributed by atoms with van der Waals surface area (Å²) >= 11 is 0. The van der Waals surface area contributed by atoms with E-state index >= 15 is 0 Å². The van der Waals surface area contributed by atoms with Crippen molar-refractivity contribution in [2.24, 2.45) is 5.41 Å². The van der Waals surface area contributed by atoms with Gasteiger partial charge in [-0.15, -0.1) is 0 Å². The minimum atomic E-state index is -0.827. The van der Waals surface area contributed by atoms with Gasteiger partial charge in [-0.05, 0) is 45.6 Å². The van der Waals surface area contributed by atoms with Gasteiger partial charge in [0.05, 0.1) is 12.2 Å². The van der Waals surface area contributed by atoms with Gasteiger partial charge < -0.3 is 15.2 Å². The lowest BCUT2D eigenvalue weighted by Crippen LogP contribution is -2.63. The molecule has 0 radical (unpaired) electrons. The van der Waals surface area contributed by atoms with Crippen molar-refractivity contribution in [2.75, 3.05) is 19.7 Å². The average Bonchev–Trinajstić information content (AvgIpc) is 2.27. The maximum Gasteiger partial charge on any atom is 0.316 e. The Morgan fingerprint density at radius 2 is 2.12 bits per heavy atom. The zero-order chi connectivity index (χ0) is 11.6. The number of hydrogen-bond donors (Lipinski definition) is 2. The lowest BCUT2D eigenvalue weighted by atomic mass is 9.58. The van der Waals surface area contributed by atoms with E-state index in [1.807, 2.05) is 6.92 Å². The Kier molecular flexibility index (Phi) is 3.22. The Bertz CT molecular complexity index is 267. The van der Waals surface area contributed by atoms with Gasteiger partial charge in [-0.1, -0.05) is 0 Å². The van der Waals surface area contributed by atoms with E-state index in [1.54, 1.807) is 0 Å². The molecule has 0 aromatic rings. The SMILES string of the molecule is CCOC(=O)C1(C2(O)CCC2)CCCNC1. The van der Waals surface area contributed by atoms with E-state index in [0.29, 0.717) is 13.2 Å². The molecule has 1 aliphatic heterocycles. The first-order chi connectivity index (χ1) is 7.65. The summed E-state index contributed by atoms with van der Waals surface area (Å²) in [4.78, 5) is 12.1. The molecule has 2 aliphatic rings. The summed E-state index contributed by atoms with van der Waals surface area (Å²) in [6.45, 7) is 3.68. The molecule has 1 saturated heterocycles. The smallest absolute Gasteiger partial charge is 0.316 e. The highest BCUT2D eigenvalue weighted by atomic mass is 16.5. The molecule has 2 N–H and O–H groups in total. The summed E-state index contributed by atoms with van der Waals surface area (Å²) in [6.07, 6.45) is 4.15. The Labute approximate surface area is 96.4 Å². The third-order valence-corrected chi connectivity index (χ3v) is 4.12. The molecule has 4 heteroatoms. The molecule has 1 aliphatic carbocycles. The maximum atomic E-state index is 12.1. The van der Waals surface area contributed by atoms with Crippen molar-refractivity contribution in [2.45, 2.75) is 44.6 Å². The maximum absolute atomic E-state index is 12.1. The summed E-state index contributed by atoms with van der Waals surface area (Å²) in [7, 11) is 0. The van der Waals surface area contributed by atoms with Crippen LogP contribution in [0.15, 0.2) is 0 Å². The number of esters is 1. The number of carbonyl (C=O) groups excluding carboxylic acids is 1. The van der Waals surface area contributed by atoms with Gasteiger partial charge in [0.15, 0.2) is 0 Å². The highest BCUT2D eigenvalue weighted by Crippen LogP contribution is 2.50. The molecular weight excluding hydrogens is 206 g/mol. The van der Waals surface area contributed by atoms with Crippen molar-refractivity contribution in [1.82, 2.24) is 5.32 Å². The third kappa shape index (κ3) is 1.64. The third-order valence-electron chi connectivity index (χ3n) is 4.12. The van der Waals surface area contributed by atoms with Crippen LogP contribution >= 0.6 is 0 Å². The first-order valence-electron chi connectivity index (χ1n) is 6.25. The van der Waals surface area contributed by atoms with E-state index in [2.05, 4.69) is 5.32 Å². The Morgan fingerprint density at radius 3 is 2.56 bits per heavy atom. The fraction of sp³-hybridized carbons (Fsp3) is 0.917. The van der Waals surface area contributed by atoms with Crippen molar-refractivity contribution in [1.29, 1.82) is 0 Å². The molecule has 0 aromatic heterocycles. The molecule has 16 heavy (non-hydrogen) atoms. The molecule has 0 spiro atoms. The Morgan fingerprint density at radius 1 is 1.38 bits per heavy atom. The predicted molar refractivity (Wildman–Crippen MR) is 60.0 cm³/mol. The van der Waals surface area contributed by atoms with Crippen molar-refractivity contribution in [3.8, 4) is 0 Å². The molecule has 0 amide bonds. The molecule has 92 valence electrons. The summed E-state index contributed by atoms with van der Waals surface area (Å²) in [5.41, 5.74) is -1.52. The number of nitrogens with one attached hydrogen (secondary N) is 1. The highest BCUT2D eigenvalue weighted by Gasteiger charge is 2.59. The molecule has 2 rings (SSSR count). The molecule has 1 heterocycles. The lowest BCUT2D eigenvalue weighted by molar-refractivity contribution is -0.193. The standard InChI is InChI=1S/C12H21NO3/c1-2-16-10(14)11(5-4-8-13-9-11)12(15)6-3-7-12/h13,15H,2-9H2,1H3. The molecule has 0 aromatic carbocycles. The minimum Gasteiger partial charge on any atom is -0.465 e. The summed E-state index contributed by atoms with van der Waals surface area (Å²) < 4.78 is 5.17. The largest absolute Gasteiger partial charge is 0.465 e. The minimum absolute atomic E-state index is 0.218. The Hall–Kier alpha value is -0.610. The molecule has 1 unspecified atom stereocenters. The van der Waals surface area contributed by atoms with Crippen LogP contribution in [0.2, 0.25) is 0 Å². The second-order valence-electron chi connectivity index (χ2n) is 4.97. The van der Waals surface area contributed by atoms with E-state index in [9.17, 15) is 9.90 Å². The van der Waals surface area contributed by atoms with Gasteiger partial charge in [0.25, 0.3) is 0 Å². The molecule has 0 bridgehead atoms. The van der Waals surface area contributed by atoms with Gasteiger partial charge in [0, 0.05) is 6.54 Å². The number of aliphatic hydroxyl groups is 1. The first-order valence-corrected chi connectivity index (χ1v) is 6.25. The van der Waals surface area contributed by atoms with Crippen LogP contribution in [0.4, 0.5) is 0 Å². The van der Waals surface area contributed by atoms with Gasteiger partial charge in [0.1, 0.15) is 5.41 Å². The van der Waals surface area contributed by atoms with E-state index in [0.717, 1.165) is 38.6 Å². The van der Waals surface area contributed by atoms with Crippen LogP contribution in [0, 0.1) is 5.41 Å². The van der Waals surface area contributed by atoms with Gasteiger partial charge in [-0.3, -0.25) is 4.79 Å². The summed E-state index contributed by atoms with van der Waals surface area (Å²) in [6, 6.07) is 0. The number of carbonyl (C=O) groups is 1. The second-order valence-corrected chi connectivity index (χ2v) is 4.97. The van der Waals surface area contributed by atoms with E-state index in [4.69, 9.17) is 4.74 Å². The van der Waals surface area contributed by atoms with Crippen LogP contribution in [0.3, 0.4) is 0 Å². The lowest BCUT2D eigenvalue weighted by Gasteiger charge is -2.52. The quantitative estimate of drug-likeness (QED) is 0.701. The van der Waals surface area contributed by atoms with E-state index in [-0.39, 0.29) is 5.97 Å². The van der Waals surface area contributed by atoms with Gasteiger partial charge in [0.2, 0.25) is 0 Å². The molecular formula is C12H21NO3. The van der Waals surface area contributed by atoms with Crippen LogP contribution < -0.4 is 5.32 Å². The zero-order valence-electron chi connectivity index (χ0n) is 9.92. The number of rotatable bonds is 3. The van der Waals surface area contributed by atoms with Crippen molar-refractivity contribution >= 4 is 5.97 Å². The average molecular weight is 227 g/mol. The zero-order valence-corrected chi connectivity index (χ0v) is 9.92. The van der Waals surface area contributed by atoms with Gasteiger partial charge in [-0.25, -0.2) is 0 Å². The molecule has 1 atom stereocenters. The predicted octanol–water partition coefficient (Wildman–Crippen LogP) is 0.834. The van der Waals surface area contributed by atoms with Crippen LogP contribution in [0.25, 0.3) is 0 Å². The van der Waals surface area contributed by atoms with Crippen molar-refractivity contribution in [3.63, 3.8) is 0 Å². The number of ether oxygens (including phenoxy) is 1. The van der Waals surface area contributed by atoms with E-state index < -0.39 is 11.0 Å². The summed E-state index contributed by atoms with van der Waals surface area (Å²) in [5, 5.41) is 13.8. The fourth-order valence-electron chi connectivity index (χ4n) is 2.93. The number of hydrogen-bond acceptors (Lipinski definition) is 4. The Balaban J connectivity index is 2.20. The number of piperidine rings is 1.